The van der Waals surface area contributed by atoms with Crippen LogP contribution >= 0.6 is 0 Å². The Balaban J connectivity index is 2.49. The summed E-state index contributed by atoms with van der Waals surface area (Å²) in [5.41, 5.74) is 5.33. The number of nitrogens with two attached hydrogens (primary N) is 1. The molecule has 1 rings (SSSR count). The number of hydrogen-bond acceptors (Lipinski definition) is 3. The van der Waals surface area contributed by atoms with Gasteiger partial charge in [0.2, 0.25) is 0 Å². The summed E-state index contributed by atoms with van der Waals surface area (Å²) >= 11 is 0. The number of carboxylic acids is 1. The van der Waals surface area contributed by atoms with E-state index in [2.05, 4.69) is 0 Å². The summed E-state index contributed by atoms with van der Waals surface area (Å²) in [5.74, 6) is -1.02. The van der Waals surface area contributed by atoms with Crippen LogP contribution in [0, 0.1) is 5.92 Å². The van der Waals surface area contributed by atoms with Gasteiger partial charge in [0.05, 0.1) is 0 Å². The van der Waals surface area contributed by atoms with Gasteiger partial charge in [0, 0.05) is 12.8 Å². The van der Waals surface area contributed by atoms with Crippen LogP contribution in [0.25, 0.3) is 0 Å². The van der Waals surface area contributed by atoms with Crippen LogP contribution in [0.4, 0.5) is 0 Å². The first-order valence-electron chi connectivity index (χ1n) is 3.61. The van der Waals surface area contributed by atoms with E-state index in [0.717, 1.165) is 0 Å². The smallest absolute Gasteiger partial charge is 0.320 e. The third-order valence-electron chi connectivity index (χ3n) is 2.08. The van der Waals surface area contributed by atoms with Gasteiger partial charge in [0.25, 0.3) is 0 Å². The molecule has 0 spiro atoms. The Morgan fingerprint density at radius 2 is 2.36 bits per heavy atom. The normalized spacial score (nSPS) is 27.0. The molecule has 0 radical (unpaired) electrons. The molecule has 3 N–H and O–H groups in total. The van der Waals surface area contributed by atoms with Crippen molar-refractivity contribution >= 4 is 11.8 Å². The van der Waals surface area contributed by atoms with E-state index in [1.807, 2.05) is 0 Å². The van der Waals surface area contributed by atoms with Gasteiger partial charge in [-0.25, -0.2) is 0 Å². The summed E-state index contributed by atoms with van der Waals surface area (Å²) in [6.45, 7) is 0. The molecular weight excluding hydrogens is 146 g/mol. The minimum atomic E-state index is -1.01. The molecule has 0 saturated heterocycles. The number of Topliss-reactive ketones (excluding diaryl/α,β-unsaturated/α-hetero) is 1. The average Bonchev–Trinajstić information content (AvgIpc) is 2.34. The fourth-order valence-electron chi connectivity index (χ4n) is 1.35. The molecule has 0 bridgehead atoms. The second-order valence-electron chi connectivity index (χ2n) is 2.91. The Bertz CT molecular complexity index is 190. The van der Waals surface area contributed by atoms with E-state index < -0.39 is 12.0 Å². The molecule has 1 unspecified atom stereocenters. The van der Waals surface area contributed by atoms with Gasteiger partial charge in [-0.2, -0.15) is 0 Å². The molecule has 2 atom stereocenters. The zero-order chi connectivity index (χ0) is 8.43. The highest BCUT2D eigenvalue weighted by Crippen LogP contribution is 2.24. The third kappa shape index (κ3) is 1.77. The number of carboxylic acid groups (broad SMARTS) is 1. The maximum Gasteiger partial charge on any atom is 0.320 e. The maximum absolute atomic E-state index is 10.7. The molecule has 4 heteroatoms. The van der Waals surface area contributed by atoms with Crippen LogP contribution in [0.5, 0.6) is 0 Å². The van der Waals surface area contributed by atoms with Gasteiger partial charge >= 0.3 is 5.97 Å². The number of carbonyl (C=O) groups is 2. The van der Waals surface area contributed by atoms with Crippen LogP contribution in [-0.4, -0.2) is 22.9 Å². The van der Waals surface area contributed by atoms with E-state index in [9.17, 15) is 9.59 Å². The molecule has 0 aromatic rings. The molecule has 1 saturated carbocycles. The first-order valence-corrected chi connectivity index (χ1v) is 3.61. The summed E-state index contributed by atoms with van der Waals surface area (Å²) in [6.07, 6.45) is 1.46. The van der Waals surface area contributed by atoms with Gasteiger partial charge in [-0.05, 0) is 12.3 Å². The molecule has 0 amide bonds. The highest BCUT2D eigenvalue weighted by molar-refractivity contribution is 5.83. The van der Waals surface area contributed by atoms with Crippen LogP contribution in [-0.2, 0) is 9.59 Å². The molecule has 1 aliphatic carbocycles. The Labute approximate surface area is 64.4 Å². The first-order chi connectivity index (χ1) is 5.11. The lowest BCUT2D eigenvalue weighted by Crippen LogP contribution is -2.36. The van der Waals surface area contributed by atoms with E-state index in [4.69, 9.17) is 10.8 Å². The van der Waals surface area contributed by atoms with E-state index >= 15 is 0 Å². The fraction of sp³-hybridized carbons (Fsp3) is 0.714. The predicted molar refractivity (Wildman–Crippen MR) is 38.0 cm³/mol. The molecular formula is C7H11NO3. The minimum Gasteiger partial charge on any atom is -0.480 e. The monoisotopic (exact) mass is 157 g/mol. The molecule has 62 valence electrons. The molecule has 0 aromatic carbocycles. The zero-order valence-electron chi connectivity index (χ0n) is 6.12. The molecule has 4 nitrogen and oxygen atoms in total. The Morgan fingerprint density at radius 1 is 1.73 bits per heavy atom. The fourth-order valence-corrected chi connectivity index (χ4v) is 1.35. The van der Waals surface area contributed by atoms with Crippen LogP contribution in [0.2, 0.25) is 0 Å². The van der Waals surface area contributed by atoms with Crippen molar-refractivity contribution in [2.24, 2.45) is 11.7 Å². The van der Waals surface area contributed by atoms with Crippen LogP contribution < -0.4 is 5.73 Å². The second-order valence-corrected chi connectivity index (χ2v) is 2.91. The summed E-state index contributed by atoms with van der Waals surface area (Å²) in [5, 5.41) is 8.49. The highest BCUT2D eigenvalue weighted by atomic mass is 16.4. The number of ketones is 1. The molecule has 11 heavy (non-hydrogen) atoms. The molecule has 1 aliphatic rings. The van der Waals surface area contributed by atoms with Gasteiger partial charge < -0.3 is 10.8 Å². The second kappa shape index (κ2) is 3.00. The summed E-state index contributed by atoms with van der Waals surface area (Å²) in [7, 11) is 0. The van der Waals surface area contributed by atoms with Gasteiger partial charge in [0.1, 0.15) is 11.8 Å². The minimum absolute atomic E-state index is 0.131. The lowest BCUT2D eigenvalue weighted by Gasteiger charge is -2.11. The Morgan fingerprint density at radius 3 is 2.73 bits per heavy atom. The summed E-state index contributed by atoms with van der Waals surface area (Å²) in [4.78, 5) is 21.1. The highest BCUT2D eigenvalue weighted by Gasteiger charge is 2.30. The van der Waals surface area contributed by atoms with Crippen molar-refractivity contribution in [1.82, 2.24) is 0 Å². The van der Waals surface area contributed by atoms with E-state index in [0.29, 0.717) is 19.3 Å². The van der Waals surface area contributed by atoms with Gasteiger partial charge in [0.15, 0.2) is 0 Å². The van der Waals surface area contributed by atoms with E-state index in [1.54, 1.807) is 0 Å². The molecule has 1 fully saturated rings. The lowest BCUT2D eigenvalue weighted by molar-refractivity contribution is -0.139. The average molecular weight is 157 g/mol. The SMILES string of the molecule is N[C@H](C(=O)O)C1CCC(=O)C1. The van der Waals surface area contributed by atoms with Crippen molar-refractivity contribution in [2.45, 2.75) is 25.3 Å². The number of hydrogen-bond donors (Lipinski definition) is 2. The third-order valence-corrected chi connectivity index (χ3v) is 2.08. The topological polar surface area (TPSA) is 80.4 Å². The summed E-state index contributed by atoms with van der Waals surface area (Å²) in [6, 6.07) is -0.860. The predicted octanol–water partition coefficient (Wildman–Crippen LogP) is -0.233. The van der Waals surface area contributed by atoms with Gasteiger partial charge in [-0.3, -0.25) is 9.59 Å². The standard InChI is InChI=1S/C7H11NO3/c8-6(7(10)11)4-1-2-5(9)3-4/h4,6H,1-3,8H2,(H,10,11)/t4?,6-/m0/s1. The largest absolute Gasteiger partial charge is 0.480 e. The molecule has 0 aromatic heterocycles. The maximum atomic E-state index is 10.7. The van der Waals surface area contributed by atoms with Crippen LogP contribution in [0.3, 0.4) is 0 Å². The Kier molecular flexibility index (Phi) is 2.24. The van der Waals surface area contributed by atoms with Crippen molar-refractivity contribution in [3.05, 3.63) is 0 Å². The zero-order valence-corrected chi connectivity index (χ0v) is 6.12. The van der Waals surface area contributed by atoms with Gasteiger partial charge in [-0.15, -0.1) is 0 Å². The number of carbonyl (C=O) groups excluding carboxylic acids is 1. The number of aliphatic carboxylic acids is 1. The van der Waals surface area contributed by atoms with Gasteiger partial charge in [-0.1, -0.05) is 0 Å². The quantitative estimate of drug-likeness (QED) is 0.580. The number of rotatable bonds is 2. The first kappa shape index (κ1) is 8.20. The van der Waals surface area contributed by atoms with Crippen molar-refractivity contribution in [3.8, 4) is 0 Å². The van der Waals surface area contributed by atoms with Crippen LogP contribution in [0.1, 0.15) is 19.3 Å². The van der Waals surface area contributed by atoms with Crippen molar-refractivity contribution in [2.75, 3.05) is 0 Å². The summed E-state index contributed by atoms with van der Waals surface area (Å²) < 4.78 is 0. The van der Waals surface area contributed by atoms with Crippen molar-refractivity contribution in [3.63, 3.8) is 0 Å². The van der Waals surface area contributed by atoms with E-state index in [-0.39, 0.29) is 11.7 Å². The molecule has 0 aliphatic heterocycles. The lowest BCUT2D eigenvalue weighted by atomic mass is 9.99. The van der Waals surface area contributed by atoms with Crippen molar-refractivity contribution in [1.29, 1.82) is 0 Å². The molecule has 0 heterocycles. The van der Waals surface area contributed by atoms with E-state index in [1.165, 1.54) is 0 Å². The van der Waals surface area contributed by atoms with Crippen LogP contribution in [0.15, 0.2) is 0 Å². The van der Waals surface area contributed by atoms with Crippen molar-refractivity contribution < 1.29 is 14.7 Å². The Hall–Kier alpha value is -0.900.